The largest absolute Gasteiger partial charge is 0.480 e. The van der Waals surface area contributed by atoms with Gasteiger partial charge in [-0.1, -0.05) is 5.92 Å². The third-order valence-electron chi connectivity index (χ3n) is 1.79. The van der Waals surface area contributed by atoms with Crippen LogP contribution in [-0.2, 0) is 4.79 Å². The summed E-state index contributed by atoms with van der Waals surface area (Å²) in [6, 6.07) is 0. The van der Waals surface area contributed by atoms with E-state index in [2.05, 4.69) is 16.6 Å². The predicted molar refractivity (Wildman–Crippen MR) is 40.1 cm³/mol. The number of hydrogen-bond acceptors (Lipinski definition) is 3. The van der Waals surface area contributed by atoms with E-state index in [1.54, 1.807) is 0 Å². The average molecular weight is 154 g/mol. The topological polar surface area (TPSA) is 61.4 Å². The quantitative estimate of drug-likeness (QED) is 0.439. The van der Waals surface area contributed by atoms with Crippen molar-refractivity contribution in [3.05, 3.63) is 0 Å². The molecule has 0 aliphatic carbocycles. The fourth-order valence-electron chi connectivity index (χ4n) is 0.947. The highest BCUT2D eigenvalue weighted by Crippen LogP contribution is 2.09. The molecule has 60 valence electrons. The van der Waals surface area contributed by atoms with E-state index in [1.807, 2.05) is 0 Å². The van der Waals surface area contributed by atoms with Crippen LogP contribution in [0, 0.1) is 12.3 Å². The molecule has 0 unspecified atom stereocenters. The Hall–Kier alpha value is -1.05. The summed E-state index contributed by atoms with van der Waals surface area (Å²) in [5, 5.41) is 14.4. The fourth-order valence-corrected chi connectivity index (χ4v) is 0.947. The van der Waals surface area contributed by atoms with E-state index in [9.17, 15) is 4.79 Å². The van der Waals surface area contributed by atoms with Gasteiger partial charge in [0.15, 0.2) is 0 Å². The molecule has 11 heavy (non-hydrogen) atoms. The zero-order valence-electron chi connectivity index (χ0n) is 6.05. The smallest absolute Gasteiger partial charge is 0.326 e. The van der Waals surface area contributed by atoms with Crippen LogP contribution in [0.4, 0.5) is 0 Å². The summed E-state index contributed by atoms with van der Waals surface area (Å²) in [6.45, 7) is 1.20. The molecule has 0 aromatic heterocycles. The summed E-state index contributed by atoms with van der Waals surface area (Å²) < 4.78 is 0. The van der Waals surface area contributed by atoms with E-state index in [1.165, 1.54) is 0 Å². The van der Waals surface area contributed by atoms with Gasteiger partial charge in [0, 0.05) is 13.1 Å². The minimum absolute atomic E-state index is 0.300. The Morgan fingerprint density at radius 2 is 2.45 bits per heavy atom. The second-order valence-electron chi connectivity index (χ2n) is 2.55. The van der Waals surface area contributed by atoms with Crippen molar-refractivity contribution in [1.82, 2.24) is 10.6 Å². The SMILES string of the molecule is C#CCNC1(C(=O)O)CNC1. The molecule has 1 aliphatic heterocycles. The first-order chi connectivity index (χ1) is 5.21. The second-order valence-corrected chi connectivity index (χ2v) is 2.55. The molecule has 0 radical (unpaired) electrons. The Kier molecular flexibility index (Phi) is 2.13. The van der Waals surface area contributed by atoms with Gasteiger partial charge in [-0.05, 0) is 0 Å². The van der Waals surface area contributed by atoms with Crippen LogP contribution >= 0.6 is 0 Å². The number of carboxylic acid groups (broad SMARTS) is 1. The standard InChI is InChI=1S/C7H10N2O2/c1-2-3-9-7(6(10)11)4-8-5-7/h1,8-9H,3-5H2,(H,10,11). The monoisotopic (exact) mass is 154 g/mol. The first-order valence-corrected chi connectivity index (χ1v) is 3.34. The highest BCUT2D eigenvalue weighted by Gasteiger charge is 2.43. The molecule has 1 fully saturated rings. The maximum Gasteiger partial charge on any atom is 0.326 e. The van der Waals surface area contributed by atoms with Gasteiger partial charge >= 0.3 is 5.97 Å². The van der Waals surface area contributed by atoms with Gasteiger partial charge in [-0.3, -0.25) is 10.1 Å². The predicted octanol–water partition coefficient (Wildman–Crippen LogP) is -1.36. The van der Waals surface area contributed by atoms with Crippen LogP contribution in [0.2, 0.25) is 0 Å². The third kappa shape index (κ3) is 1.34. The lowest BCUT2D eigenvalue weighted by molar-refractivity contribution is -0.147. The lowest BCUT2D eigenvalue weighted by atomic mass is 9.93. The molecule has 0 atom stereocenters. The van der Waals surface area contributed by atoms with Crippen LogP contribution in [-0.4, -0.2) is 36.2 Å². The zero-order valence-corrected chi connectivity index (χ0v) is 6.05. The Bertz CT molecular complexity index is 203. The zero-order chi connectivity index (χ0) is 8.32. The van der Waals surface area contributed by atoms with Crippen molar-refractivity contribution in [2.24, 2.45) is 0 Å². The maximum atomic E-state index is 10.6. The van der Waals surface area contributed by atoms with E-state index in [-0.39, 0.29) is 0 Å². The molecule has 0 aromatic rings. The summed E-state index contributed by atoms with van der Waals surface area (Å²) in [4.78, 5) is 10.6. The normalized spacial score (nSPS) is 19.9. The fraction of sp³-hybridized carbons (Fsp3) is 0.571. The summed E-state index contributed by atoms with van der Waals surface area (Å²) in [7, 11) is 0. The summed E-state index contributed by atoms with van der Waals surface area (Å²) in [5.41, 5.74) is -0.813. The molecule has 3 N–H and O–H groups in total. The molecule has 1 aliphatic rings. The number of nitrogens with one attached hydrogen (secondary N) is 2. The van der Waals surface area contributed by atoms with Gasteiger partial charge in [0.1, 0.15) is 5.54 Å². The molecular weight excluding hydrogens is 144 g/mol. The van der Waals surface area contributed by atoms with Crippen molar-refractivity contribution >= 4 is 5.97 Å². The Balaban J connectivity index is 2.48. The summed E-state index contributed by atoms with van der Waals surface area (Å²) in [5.74, 6) is 1.50. The van der Waals surface area contributed by atoms with E-state index < -0.39 is 11.5 Å². The number of carboxylic acids is 1. The number of terminal acetylenes is 1. The highest BCUT2D eigenvalue weighted by molar-refractivity contribution is 5.81. The number of aliphatic carboxylic acids is 1. The molecule has 4 nitrogen and oxygen atoms in total. The Morgan fingerprint density at radius 3 is 2.73 bits per heavy atom. The van der Waals surface area contributed by atoms with Crippen LogP contribution in [0.25, 0.3) is 0 Å². The van der Waals surface area contributed by atoms with E-state index in [0.717, 1.165) is 0 Å². The third-order valence-corrected chi connectivity index (χ3v) is 1.79. The first kappa shape index (κ1) is 8.05. The molecular formula is C7H10N2O2. The van der Waals surface area contributed by atoms with Gasteiger partial charge < -0.3 is 10.4 Å². The first-order valence-electron chi connectivity index (χ1n) is 3.34. The highest BCUT2D eigenvalue weighted by atomic mass is 16.4. The number of rotatable bonds is 3. The van der Waals surface area contributed by atoms with Crippen molar-refractivity contribution in [2.75, 3.05) is 19.6 Å². The molecule has 1 saturated heterocycles. The van der Waals surface area contributed by atoms with E-state index >= 15 is 0 Å². The Labute approximate surface area is 65.0 Å². The van der Waals surface area contributed by atoms with Crippen molar-refractivity contribution < 1.29 is 9.90 Å². The number of carbonyl (C=O) groups is 1. The van der Waals surface area contributed by atoms with Crippen LogP contribution < -0.4 is 10.6 Å². The minimum atomic E-state index is -0.841. The van der Waals surface area contributed by atoms with Crippen molar-refractivity contribution in [3.63, 3.8) is 0 Å². The molecule has 1 rings (SSSR count). The average Bonchev–Trinajstić information content (AvgIpc) is 1.85. The van der Waals surface area contributed by atoms with Crippen molar-refractivity contribution in [2.45, 2.75) is 5.54 Å². The number of hydrogen-bond donors (Lipinski definition) is 3. The van der Waals surface area contributed by atoms with Gasteiger partial charge in [0.05, 0.1) is 6.54 Å². The molecule has 0 amide bonds. The van der Waals surface area contributed by atoms with Crippen LogP contribution in [0.5, 0.6) is 0 Å². The summed E-state index contributed by atoms with van der Waals surface area (Å²) in [6.07, 6.45) is 4.99. The van der Waals surface area contributed by atoms with Gasteiger partial charge in [0.2, 0.25) is 0 Å². The van der Waals surface area contributed by atoms with Gasteiger partial charge in [-0.2, -0.15) is 0 Å². The van der Waals surface area contributed by atoms with E-state index in [4.69, 9.17) is 11.5 Å². The lowest BCUT2D eigenvalue weighted by Gasteiger charge is -2.38. The minimum Gasteiger partial charge on any atom is -0.480 e. The maximum absolute atomic E-state index is 10.6. The van der Waals surface area contributed by atoms with Crippen LogP contribution in [0.3, 0.4) is 0 Å². The van der Waals surface area contributed by atoms with Crippen LogP contribution in [0.1, 0.15) is 0 Å². The van der Waals surface area contributed by atoms with E-state index in [0.29, 0.717) is 19.6 Å². The van der Waals surface area contributed by atoms with Crippen molar-refractivity contribution in [1.29, 1.82) is 0 Å². The molecule has 4 heteroatoms. The Morgan fingerprint density at radius 1 is 1.82 bits per heavy atom. The molecule has 0 aromatic carbocycles. The second kappa shape index (κ2) is 2.91. The molecule has 0 bridgehead atoms. The molecule has 0 spiro atoms. The van der Waals surface area contributed by atoms with Gasteiger partial charge in [-0.15, -0.1) is 6.42 Å². The molecule has 0 saturated carbocycles. The molecule has 1 heterocycles. The van der Waals surface area contributed by atoms with Crippen molar-refractivity contribution in [3.8, 4) is 12.3 Å². The van der Waals surface area contributed by atoms with Gasteiger partial charge in [0.25, 0.3) is 0 Å². The van der Waals surface area contributed by atoms with Gasteiger partial charge in [-0.25, -0.2) is 0 Å². The summed E-state index contributed by atoms with van der Waals surface area (Å²) >= 11 is 0. The lowest BCUT2D eigenvalue weighted by Crippen LogP contribution is -2.72. The van der Waals surface area contributed by atoms with Crippen LogP contribution in [0.15, 0.2) is 0 Å².